The Morgan fingerprint density at radius 2 is 2.20 bits per heavy atom. The van der Waals surface area contributed by atoms with Crippen LogP contribution in [-0.2, 0) is 4.79 Å². The number of aliphatic hydroxyl groups excluding tert-OH is 1. The van der Waals surface area contributed by atoms with E-state index >= 15 is 0 Å². The van der Waals surface area contributed by atoms with Crippen molar-refractivity contribution in [3.05, 3.63) is 0 Å². The standard InChI is InChI=1S/C11H22N2O2/c1-11(2,7-14)6-13-10(15)8-3-4-9(12)5-8/h8-9,14H,3-7,12H2,1-2H3,(H,13,15). The fraction of sp³-hybridized carbons (Fsp3) is 0.909. The molecule has 2 atom stereocenters. The van der Waals surface area contributed by atoms with Crippen molar-refractivity contribution in [2.24, 2.45) is 17.1 Å². The van der Waals surface area contributed by atoms with Crippen LogP contribution in [0.3, 0.4) is 0 Å². The maximum absolute atomic E-state index is 11.7. The van der Waals surface area contributed by atoms with E-state index in [0.717, 1.165) is 19.3 Å². The Morgan fingerprint density at radius 1 is 1.53 bits per heavy atom. The number of rotatable bonds is 4. The van der Waals surface area contributed by atoms with Crippen molar-refractivity contribution in [3.8, 4) is 0 Å². The van der Waals surface area contributed by atoms with Gasteiger partial charge in [-0.25, -0.2) is 0 Å². The second-order valence-corrected chi connectivity index (χ2v) is 5.31. The molecule has 0 aromatic rings. The Kier molecular flexibility index (Phi) is 4.11. The lowest BCUT2D eigenvalue weighted by Crippen LogP contribution is -2.39. The van der Waals surface area contributed by atoms with Crippen LogP contribution in [-0.4, -0.2) is 30.2 Å². The van der Waals surface area contributed by atoms with Gasteiger partial charge >= 0.3 is 0 Å². The molecule has 0 saturated heterocycles. The number of carbonyl (C=O) groups excluding carboxylic acids is 1. The van der Waals surface area contributed by atoms with Gasteiger partial charge < -0.3 is 16.2 Å². The molecule has 4 N–H and O–H groups in total. The first-order chi connectivity index (χ1) is 6.94. The molecule has 1 aliphatic rings. The van der Waals surface area contributed by atoms with Crippen molar-refractivity contribution >= 4 is 5.91 Å². The average Bonchev–Trinajstić information content (AvgIpc) is 2.61. The molecular formula is C11H22N2O2. The van der Waals surface area contributed by atoms with Gasteiger partial charge in [-0.2, -0.15) is 0 Å². The highest BCUT2D eigenvalue weighted by molar-refractivity contribution is 5.79. The van der Waals surface area contributed by atoms with E-state index in [4.69, 9.17) is 10.8 Å². The molecule has 0 radical (unpaired) electrons. The van der Waals surface area contributed by atoms with Gasteiger partial charge in [0, 0.05) is 30.5 Å². The van der Waals surface area contributed by atoms with Gasteiger partial charge in [0.15, 0.2) is 0 Å². The average molecular weight is 214 g/mol. The third-order valence-corrected chi connectivity index (χ3v) is 3.01. The van der Waals surface area contributed by atoms with E-state index in [1.807, 2.05) is 13.8 Å². The van der Waals surface area contributed by atoms with Crippen molar-refractivity contribution in [3.63, 3.8) is 0 Å². The third kappa shape index (κ3) is 3.80. The van der Waals surface area contributed by atoms with Crippen LogP contribution in [0.1, 0.15) is 33.1 Å². The molecule has 0 spiro atoms. The summed E-state index contributed by atoms with van der Waals surface area (Å²) in [5, 5.41) is 11.9. The molecule has 0 bridgehead atoms. The number of amides is 1. The molecule has 0 aliphatic heterocycles. The van der Waals surface area contributed by atoms with Crippen LogP contribution >= 0.6 is 0 Å². The fourth-order valence-corrected chi connectivity index (χ4v) is 1.78. The SMILES string of the molecule is CC(C)(CO)CNC(=O)C1CCC(N)C1. The van der Waals surface area contributed by atoms with E-state index in [1.54, 1.807) is 0 Å². The van der Waals surface area contributed by atoms with E-state index in [2.05, 4.69) is 5.32 Å². The zero-order valence-electron chi connectivity index (χ0n) is 9.62. The quantitative estimate of drug-likeness (QED) is 0.628. The molecule has 0 aromatic carbocycles. The zero-order valence-corrected chi connectivity index (χ0v) is 9.62. The molecule has 2 unspecified atom stereocenters. The molecule has 1 saturated carbocycles. The first kappa shape index (κ1) is 12.5. The molecule has 4 heteroatoms. The maximum atomic E-state index is 11.7. The van der Waals surface area contributed by atoms with Crippen LogP contribution in [0.4, 0.5) is 0 Å². The van der Waals surface area contributed by atoms with Gasteiger partial charge in [0.2, 0.25) is 5.91 Å². The minimum absolute atomic E-state index is 0.0782. The summed E-state index contributed by atoms with van der Waals surface area (Å²) in [5.74, 6) is 0.166. The summed E-state index contributed by atoms with van der Waals surface area (Å²) in [7, 11) is 0. The van der Waals surface area contributed by atoms with Crippen LogP contribution < -0.4 is 11.1 Å². The van der Waals surface area contributed by atoms with Crippen LogP contribution in [0.5, 0.6) is 0 Å². The van der Waals surface area contributed by atoms with E-state index in [0.29, 0.717) is 6.54 Å². The van der Waals surface area contributed by atoms with Crippen LogP contribution in [0.15, 0.2) is 0 Å². The molecule has 0 aromatic heterocycles. The summed E-state index contributed by atoms with van der Waals surface area (Å²) in [5.41, 5.74) is 5.51. The monoisotopic (exact) mass is 214 g/mol. The van der Waals surface area contributed by atoms with Gasteiger partial charge in [0.05, 0.1) is 0 Å². The summed E-state index contributed by atoms with van der Waals surface area (Å²) in [4.78, 5) is 11.7. The van der Waals surface area contributed by atoms with Crippen LogP contribution in [0, 0.1) is 11.3 Å². The fourth-order valence-electron chi connectivity index (χ4n) is 1.78. The zero-order chi connectivity index (χ0) is 11.5. The Morgan fingerprint density at radius 3 is 2.67 bits per heavy atom. The number of aliphatic hydroxyl groups is 1. The van der Waals surface area contributed by atoms with Crippen molar-refractivity contribution in [2.75, 3.05) is 13.2 Å². The lowest BCUT2D eigenvalue weighted by Gasteiger charge is -2.23. The molecule has 4 nitrogen and oxygen atoms in total. The molecule has 1 aliphatic carbocycles. The first-order valence-corrected chi connectivity index (χ1v) is 5.59. The topological polar surface area (TPSA) is 75.3 Å². The van der Waals surface area contributed by atoms with Crippen LogP contribution in [0.25, 0.3) is 0 Å². The lowest BCUT2D eigenvalue weighted by molar-refractivity contribution is -0.125. The minimum atomic E-state index is -0.240. The highest BCUT2D eigenvalue weighted by atomic mass is 16.3. The van der Waals surface area contributed by atoms with Crippen LogP contribution in [0.2, 0.25) is 0 Å². The number of nitrogens with two attached hydrogens (primary N) is 1. The normalized spacial score (nSPS) is 26.7. The highest BCUT2D eigenvalue weighted by Crippen LogP contribution is 2.24. The van der Waals surface area contributed by atoms with E-state index in [9.17, 15) is 4.79 Å². The largest absolute Gasteiger partial charge is 0.396 e. The predicted molar refractivity (Wildman–Crippen MR) is 59.2 cm³/mol. The Labute approximate surface area is 91.2 Å². The summed E-state index contributed by atoms with van der Waals surface area (Å²) in [6.07, 6.45) is 2.64. The van der Waals surface area contributed by atoms with Crippen molar-refractivity contribution in [2.45, 2.75) is 39.2 Å². The molecule has 88 valence electrons. The summed E-state index contributed by atoms with van der Waals surface area (Å²) < 4.78 is 0. The molecule has 1 rings (SSSR count). The minimum Gasteiger partial charge on any atom is -0.396 e. The number of carbonyl (C=O) groups is 1. The second-order valence-electron chi connectivity index (χ2n) is 5.31. The smallest absolute Gasteiger partial charge is 0.223 e. The lowest BCUT2D eigenvalue weighted by atomic mass is 9.94. The highest BCUT2D eigenvalue weighted by Gasteiger charge is 2.28. The Hall–Kier alpha value is -0.610. The van der Waals surface area contributed by atoms with Gasteiger partial charge in [0.1, 0.15) is 0 Å². The molecule has 15 heavy (non-hydrogen) atoms. The van der Waals surface area contributed by atoms with E-state index in [1.165, 1.54) is 0 Å². The van der Waals surface area contributed by atoms with E-state index in [-0.39, 0.29) is 29.9 Å². The summed E-state index contributed by atoms with van der Waals surface area (Å²) >= 11 is 0. The Balaban J connectivity index is 2.30. The van der Waals surface area contributed by atoms with Gasteiger partial charge in [-0.3, -0.25) is 4.79 Å². The van der Waals surface area contributed by atoms with Crippen molar-refractivity contribution in [1.29, 1.82) is 0 Å². The number of hydrogen-bond acceptors (Lipinski definition) is 3. The molecule has 0 heterocycles. The first-order valence-electron chi connectivity index (χ1n) is 5.59. The van der Waals surface area contributed by atoms with Crippen molar-refractivity contribution in [1.82, 2.24) is 5.32 Å². The van der Waals surface area contributed by atoms with Gasteiger partial charge in [-0.05, 0) is 19.3 Å². The second kappa shape index (κ2) is 4.94. The van der Waals surface area contributed by atoms with Gasteiger partial charge in [-0.1, -0.05) is 13.8 Å². The predicted octanol–water partition coefficient (Wildman–Crippen LogP) is 0.248. The maximum Gasteiger partial charge on any atom is 0.223 e. The Bertz CT molecular complexity index is 229. The molecule has 1 fully saturated rings. The molecule has 1 amide bonds. The van der Waals surface area contributed by atoms with E-state index < -0.39 is 0 Å². The van der Waals surface area contributed by atoms with Crippen molar-refractivity contribution < 1.29 is 9.90 Å². The van der Waals surface area contributed by atoms with Gasteiger partial charge in [0.25, 0.3) is 0 Å². The number of hydrogen-bond donors (Lipinski definition) is 3. The number of nitrogens with one attached hydrogen (secondary N) is 1. The molecular weight excluding hydrogens is 192 g/mol. The van der Waals surface area contributed by atoms with Gasteiger partial charge in [-0.15, -0.1) is 0 Å². The summed E-state index contributed by atoms with van der Waals surface area (Å²) in [6.45, 7) is 4.45. The summed E-state index contributed by atoms with van der Waals surface area (Å²) in [6, 6.07) is 0.187. The third-order valence-electron chi connectivity index (χ3n) is 3.01.